The average molecular weight is 205 g/mol. The maximum Gasteiger partial charge on any atom is 0.103 e. The fourth-order valence-corrected chi connectivity index (χ4v) is 1.45. The van der Waals surface area contributed by atoms with E-state index in [9.17, 15) is 0 Å². The summed E-state index contributed by atoms with van der Waals surface area (Å²) >= 11 is 0. The highest BCUT2D eigenvalue weighted by Crippen LogP contribution is 2.23. The first-order chi connectivity index (χ1) is 7.06. The molecule has 3 N–H and O–H groups in total. The van der Waals surface area contributed by atoms with Crippen LogP contribution in [0, 0.1) is 12.8 Å². The van der Waals surface area contributed by atoms with Gasteiger partial charge in [0, 0.05) is 13.0 Å². The number of hydrogen-bond donors (Lipinski definition) is 2. The molecular weight excluding hydrogens is 186 g/mol. The first-order valence-corrected chi connectivity index (χ1v) is 5.15. The van der Waals surface area contributed by atoms with Gasteiger partial charge >= 0.3 is 0 Å². The van der Waals surface area contributed by atoms with Gasteiger partial charge in [-0.3, -0.25) is 4.99 Å². The normalized spacial score (nSPS) is 11.9. The van der Waals surface area contributed by atoms with Crippen molar-refractivity contribution >= 4 is 17.2 Å². The van der Waals surface area contributed by atoms with Gasteiger partial charge in [0.15, 0.2) is 0 Å². The van der Waals surface area contributed by atoms with Gasteiger partial charge in [0.25, 0.3) is 0 Å². The Morgan fingerprint density at radius 1 is 1.40 bits per heavy atom. The molecule has 0 bridgehead atoms. The predicted octanol–water partition coefficient (Wildman–Crippen LogP) is 2.67. The second-order valence-electron chi connectivity index (χ2n) is 3.93. The van der Waals surface area contributed by atoms with E-state index < -0.39 is 0 Å². The molecule has 0 aliphatic rings. The number of para-hydroxylation sites is 1. The fourth-order valence-electron chi connectivity index (χ4n) is 1.45. The Bertz CT molecular complexity index is 347. The predicted molar refractivity (Wildman–Crippen MR) is 67.4 cm³/mol. The van der Waals surface area contributed by atoms with E-state index in [0.717, 1.165) is 22.8 Å². The highest BCUT2D eigenvalue weighted by molar-refractivity contribution is 5.99. The molecule has 3 heteroatoms. The van der Waals surface area contributed by atoms with Crippen LogP contribution in [0.2, 0.25) is 0 Å². The molecular formula is C12H19N3. The van der Waals surface area contributed by atoms with Crippen LogP contribution in [0.1, 0.15) is 19.4 Å². The molecule has 1 rings (SSSR count). The maximum absolute atomic E-state index is 5.91. The highest BCUT2D eigenvalue weighted by Gasteiger charge is 2.08. The van der Waals surface area contributed by atoms with Gasteiger partial charge in [-0.05, 0) is 18.6 Å². The second-order valence-corrected chi connectivity index (χ2v) is 3.93. The Morgan fingerprint density at radius 2 is 2.07 bits per heavy atom. The molecule has 0 saturated heterocycles. The lowest BCUT2D eigenvalue weighted by Crippen LogP contribution is -2.19. The lowest BCUT2D eigenvalue weighted by molar-refractivity contribution is 0.877. The summed E-state index contributed by atoms with van der Waals surface area (Å²) in [5.74, 6) is 1.32. The maximum atomic E-state index is 5.91. The SMILES string of the molecule is CN=C(Nc1c(C)cccc1N)C(C)C. The third kappa shape index (κ3) is 2.72. The van der Waals surface area contributed by atoms with Crippen molar-refractivity contribution in [2.24, 2.45) is 10.9 Å². The minimum atomic E-state index is 0.369. The van der Waals surface area contributed by atoms with Crippen LogP contribution in [0.4, 0.5) is 11.4 Å². The molecule has 0 unspecified atom stereocenters. The number of rotatable bonds is 2. The molecule has 0 aliphatic heterocycles. The van der Waals surface area contributed by atoms with E-state index in [-0.39, 0.29) is 0 Å². The van der Waals surface area contributed by atoms with Crippen LogP contribution in [0.15, 0.2) is 23.2 Å². The average Bonchev–Trinajstić information content (AvgIpc) is 2.17. The molecule has 0 amide bonds. The number of amidine groups is 1. The van der Waals surface area contributed by atoms with Crippen LogP contribution in [0.25, 0.3) is 0 Å². The van der Waals surface area contributed by atoms with E-state index in [0.29, 0.717) is 5.92 Å². The first-order valence-electron chi connectivity index (χ1n) is 5.15. The summed E-state index contributed by atoms with van der Waals surface area (Å²) in [5.41, 5.74) is 8.77. The summed E-state index contributed by atoms with van der Waals surface area (Å²) in [6.07, 6.45) is 0. The van der Waals surface area contributed by atoms with Crippen molar-refractivity contribution < 1.29 is 0 Å². The lowest BCUT2D eigenvalue weighted by Gasteiger charge is -2.16. The topological polar surface area (TPSA) is 50.4 Å². The zero-order chi connectivity index (χ0) is 11.4. The molecule has 0 atom stereocenters. The Hall–Kier alpha value is -1.51. The number of aryl methyl sites for hydroxylation is 1. The fraction of sp³-hybridized carbons (Fsp3) is 0.417. The minimum Gasteiger partial charge on any atom is -0.397 e. The van der Waals surface area contributed by atoms with Crippen molar-refractivity contribution in [3.8, 4) is 0 Å². The summed E-state index contributed by atoms with van der Waals surface area (Å²) in [7, 11) is 1.79. The summed E-state index contributed by atoms with van der Waals surface area (Å²) < 4.78 is 0. The third-order valence-electron chi connectivity index (χ3n) is 2.35. The summed E-state index contributed by atoms with van der Waals surface area (Å²) in [4.78, 5) is 4.22. The van der Waals surface area contributed by atoms with E-state index in [1.807, 2.05) is 25.1 Å². The number of benzene rings is 1. The van der Waals surface area contributed by atoms with Crippen LogP contribution in [0.3, 0.4) is 0 Å². The molecule has 0 saturated carbocycles. The molecule has 1 aromatic carbocycles. The van der Waals surface area contributed by atoms with Crippen LogP contribution in [-0.2, 0) is 0 Å². The summed E-state index contributed by atoms with van der Waals surface area (Å²) in [5, 5.41) is 3.29. The quantitative estimate of drug-likeness (QED) is 0.443. The van der Waals surface area contributed by atoms with Crippen molar-refractivity contribution in [3.63, 3.8) is 0 Å². The Labute approximate surface area is 91.4 Å². The Kier molecular flexibility index (Phi) is 3.72. The molecule has 0 radical (unpaired) electrons. The largest absolute Gasteiger partial charge is 0.397 e. The third-order valence-corrected chi connectivity index (χ3v) is 2.35. The summed E-state index contributed by atoms with van der Waals surface area (Å²) in [6.45, 7) is 6.24. The standard InChI is InChI=1S/C12H19N3/c1-8(2)12(14-4)15-11-9(3)6-5-7-10(11)13/h5-8H,13H2,1-4H3,(H,14,15). The van der Waals surface area contributed by atoms with Crippen LogP contribution in [-0.4, -0.2) is 12.9 Å². The molecule has 82 valence electrons. The smallest absolute Gasteiger partial charge is 0.103 e. The van der Waals surface area contributed by atoms with Crippen LogP contribution >= 0.6 is 0 Å². The van der Waals surface area contributed by atoms with Gasteiger partial charge in [-0.1, -0.05) is 26.0 Å². The van der Waals surface area contributed by atoms with Crippen molar-refractivity contribution in [1.82, 2.24) is 0 Å². The molecule has 0 spiro atoms. The van der Waals surface area contributed by atoms with Gasteiger partial charge in [0.05, 0.1) is 11.4 Å². The molecule has 0 aromatic heterocycles. The molecule has 3 nitrogen and oxygen atoms in total. The van der Waals surface area contributed by atoms with Gasteiger partial charge in [0.2, 0.25) is 0 Å². The highest BCUT2D eigenvalue weighted by atomic mass is 15.0. The minimum absolute atomic E-state index is 0.369. The van der Waals surface area contributed by atoms with E-state index in [4.69, 9.17) is 5.73 Å². The number of nitrogen functional groups attached to an aromatic ring is 1. The molecule has 15 heavy (non-hydrogen) atoms. The second kappa shape index (κ2) is 4.82. The van der Waals surface area contributed by atoms with Crippen molar-refractivity contribution in [1.29, 1.82) is 0 Å². The molecule has 1 aromatic rings. The first kappa shape index (κ1) is 11.6. The van der Waals surface area contributed by atoms with Gasteiger partial charge < -0.3 is 11.1 Å². The van der Waals surface area contributed by atoms with Crippen molar-refractivity contribution in [2.75, 3.05) is 18.1 Å². The monoisotopic (exact) mass is 205 g/mol. The number of nitrogens with two attached hydrogens (primary N) is 1. The Balaban J connectivity index is 2.98. The zero-order valence-corrected chi connectivity index (χ0v) is 9.83. The van der Waals surface area contributed by atoms with Gasteiger partial charge in [-0.25, -0.2) is 0 Å². The van der Waals surface area contributed by atoms with Crippen molar-refractivity contribution in [3.05, 3.63) is 23.8 Å². The van der Waals surface area contributed by atoms with Crippen molar-refractivity contribution in [2.45, 2.75) is 20.8 Å². The van der Waals surface area contributed by atoms with E-state index in [2.05, 4.69) is 24.2 Å². The van der Waals surface area contributed by atoms with Crippen LogP contribution in [0.5, 0.6) is 0 Å². The molecule has 0 fully saturated rings. The van der Waals surface area contributed by atoms with E-state index >= 15 is 0 Å². The summed E-state index contributed by atoms with van der Waals surface area (Å²) in [6, 6.07) is 5.88. The van der Waals surface area contributed by atoms with Gasteiger partial charge in [0.1, 0.15) is 5.84 Å². The number of nitrogens with one attached hydrogen (secondary N) is 1. The molecule has 0 aliphatic carbocycles. The number of aliphatic imine (C=N–C) groups is 1. The number of hydrogen-bond acceptors (Lipinski definition) is 2. The van der Waals surface area contributed by atoms with Gasteiger partial charge in [-0.15, -0.1) is 0 Å². The Morgan fingerprint density at radius 3 is 2.53 bits per heavy atom. The van der Waals surface area contributed by atoms with Gasteiger partial charge in [-0.2, -0.15) is 0 Å². The zero-order valence-electron chi connectivity index (χ0n) is 9.83. The number of anilines is 2. The number of nitrogens with zero attached hydrogens (tertiary/aromatic N) is 1. The van der Waals surface area contributed by atoms with Crippen LogP contribution < -0.4 is 11.1 Å². The van der Waals surface area contributed by atoms with E-state index in [1.54, 1.807) is 7.05 Å². The van der Waals surface area contributed by atoms with E-state index in [1.165, 1.54) is 0 Å². The molecule has 0 heterocycles. The lowest BCUT2D eigenvalue weighted by atomic mass is 10.1.